The van der Waals surface area contributed by atoms with E-state index in [2.05, 4.69) is 12.2 Å². The second kappa shape index (κ2) is 5.38. The maximum atomic E-state index is 12.2. The lowest BCUT2D eigenvalue weighted by Crippen LogP contribution is -2.50. The molecule has 0 saturated heterocycles. The molecule has 0 radical (unpaired) electrons. The smallest absolute Gasteiger partial charge is 0.223 e. The first-order valence-corrected chi connectivity index (χ1v) is 7.17. The van der Waals surface area contributed by atoms with Gasteiger partial charge in [0.05, 0.1) is 0 Å². The van der Waals surface area contributed by atoms with E-state index in [0.29, 0.717) is 6.04 Å². The van der Waals surface area contributed by atoms with Crippen LogP contribution in [0.25, 0.3) is 0 Å². The Labute approximate surface area is 105 Å². The Bertz CT molecular complexity index is 263. The molecule has 0 aliphatic heterocycles. The third-order valence-electron chi connectivity index (χ3n) is 4.52. The molecule has 0 heterocycles. The Balaban J connectivity index is 1.83. The van der Waals surface area contributed by atoms with Crippen LogP contribution in [0, 0.1) is 5.92 Å². The highest BCUT2D eigenvalue weighted by molar-refractivity contribution is 5.79. The molecule has 2 aliphatic carbocycles. The van der Waals surface area contributed by atoms with Crippen molar-refractivity contribution in [3.05, 3.63) is 0 Å². The summed E-state index contributed by atoms with van der Waals surface area (Å²) >= 11 is 0. The summed E-state index contributed by atoms with van der Waals surface area (Å²) in [5, 5.41) is 3.30. The van der Waals surface area contributed by atoms with Crippen molar-refractivity contribution in [2.75, 3.05) is 0 Å². The summed E-state index contributed by atoms with van der Waals surface area (Å²) in [4.78, 5) is 12.2. The number of hydrogen-bond donors (Lipinski definition) is 2. The van der Waals surface area contributed by atoms with Gasteiger partial charge in [-0.1, -0.05) is 19.3 Å². The largest absolute Gasteiger partial charge is 0.351 e. The Hall–Kier alpha value is -0.570. The fraction of sp³-hybridized carbons (Fsp3) is 0.929. The van der Waals surface area contributed by atoms with E-state index in [-0.39, 0.29) is 17.4 Å². The summed E-state index contributed by atoms with van der Waals surface area (Å²) in [6.45, 7) is 2.21. The highest BCUT2D eigenvalue weighted by atomic mass is 16.2. The topological polar surface area (TPSA) is 55.1 Å². The molecular formula is C14H26N2O. The number of rotatable bonds is 2. The first kappa shape index (κ1) is 12.9. The van der Waals surface area contributed by atoms with Gasteiger partial charge < -0.3 is 11.1 Å². The SMILES string of the molecule is CC1(NC(=O)C2CCC(N)CC2)CCCCC1. The van der Waals surface area contributed by atoms with Crippen molar-refractivity contribution in [3.8, 4) is 0 Å². The summed E-state index contributed by atoms with van der Waals surface area (Å²) in [5.74, 6) is 0.495. The number of nitrogens with one attached hydrogen (secondary N) is 1. The molecule has 2 aliphatic rings. The van der Waals surface area contributed by atoms with E-state index in [1.54, 1.807) is 0 Å². The molecule has 2 saturated carbocycles. The van der Waals surface area contributed by atoms with Gasteiger partial charge in [0.1, 0.15) is 0 Å². The van der Waals surface area contributed by atoms with E-state index < -0.39 is 0 Å². The summed E-state index contributed by atoms with van der Waals surface area (Å²) in [6.07, 6.45) is 10.1. The first-order valence-electron chi connectivity index (χ1n) is 7.17. The van der Waals surface area contributed by atoms with Crippen LogP contribution in [0.1, 0.15) is 64.7 Å². The molecule has 0 spiro atoms. The van der Waals surface area contributed by atoms with Crippen molar-refractivity contribution in [1.29, 1.82) is 0 Å². The average Bonchev–Trinajstić information content (AvgIpc) is 2.30. The van der Waals surface area contributed by atoms with Crippen molar-refractivity contribution >= 4 is 5.91 Å². The quantitative estimate of drug-likeness (QED) is 0.776. The Morgan fingerprint density at radius 2 is 1.71 bits per heavy atom. The van der Waals surface area contributed by atoms with E-state index in [0.717, 1.165) is 38.5 Å². The maximum absolute atomic E-state index is 12.2. The molecule has 3 N–H and O–H groups in total. The summed E-state index contributed by atoms with van der Waals surface area (Å²) in [6, 6.07) is 0.323. The Morgan fingerprint density at radius 1 is 1.12 bits per heavy atom. The summed E-state index contributed by atoms with van der Waals surface area (Å²) in [5.41, 5.74) is 5.94. The van der Waals surface area contributed by atoms with Gasteiger partial charge in [0, 0.05) is 17.5 Å². The number of carbonyl (C=O) groups excluding carboxylic acids is 1. The molecule has 2 rings (SSSR count). The van der Waals surface area contributed by atoms with E-state index in [1.165, 1.54) is 19.3 Å². The van der Waals surface area contributed by atoms with Gasteiger partial charge in [-0.05, 0) is 45.4 Å². The number of nitrogens with two attached hydrogens (primary N) is 1. The van der Waals surface area contributed by atoms with E-state index in [4.69, 9.17) is 5.73 Å². The fourth-order valence-electron chi connectivity index (χ4n) is 3.24. The minimum atomic E-state index is 0.0644. The van der Waals surface area contributed by atoms with E-state index >= 15 is 0 Å². The summed E-state index contributed by atoms with van der Waals surface area (Å²) < 4.78 is 0. The molecule has 3 heteroatoms. The molecule has 2 fully saturated rings. The Morgan fingerprint density at radius 3 is 2.29 bits per heavy atom. The van der Waals surface area contributed by atoms with Crippen molar-refractivity contribution in [3.63, 3.8) is 0 Å². The van der Waals surface area contributed by atoms with Crippen LogP contribution in [-0.4, -0.2) is 17.5 Å². The molecule has 98 valence electrons. The lowest BCUT2D eigenvalue weighted by molar-refractivity contribution is -0.128. The molecule has 0 aromatic carbocycles. The standard InChI is InChI=1S/C14H26N2O/c1-14(9-3-2-4-10-14)16-13(17)11-5-7-12(15)8-6-11/h11-12H,2-10,15H2,1H3,(H,16,17). The lowest BCUT2D eigenvalue weighted by atomic mass is 9.81. The lowest BCUT2D eigenvalue weighted by Gasteiger charge is -2.36. The second-order valence-electron chi connectivity index (χ2n) is 6.22. The van der Waals surface area contributed by atoms with E-state index in [1.807, 2.05) is 0 Å². The van der Waals surface area contributed by atoms with Crippen LogP contribution < -0.4 is 11.1 Å². The van der Waals surface area contributed by atoms with Crippen LogP contribution in [0.3, 0.4) is 0 Å². The van der Waals surface area contributed by atoms with E-state index in [9.17, 15) is 4.79 Å². The van der Waals surface area contributed by atoms with Gasteiger partial charge in [0.15, 0.2) is 0 Å². The van der Waals surface area contributed by atoms with Gasteiger partial charge in [-0.2, -0.15) is 0 Å². The highest BCUT2D eigenvalue weighted by Gasteiger charge is 2.32. The van der Waals surface area contributed by atoms with Crippen LogP contribution in [0.4, 0.5) is 0 Å². The number of carbonyl (C=O) groups is 1. The second-order valence-corrected chi connectivity index (χ2v) is 6.22. The molecule has 17 heavy (non-hydrogen) atoms. The minimum Gasteiger partial charge on any atom is -0.351 e. The fourth-order valence-corrected chi connectivity index (χ4v) is 3.24. The molecule has 1 amide bonds. The normalized spacial score (nSPS) is 33.1. The third-order valence-corrected chi connectivity index (χ3v) is 4.52. The highest BCUT2D eigenvalue weighted by Crippen LogP contribution is 2.29. The van der Waals surface area contributed by atoms with Gasteiger partial charge >= 0.3 is 0 Å². The van der Waals surface area contributed by atoms with Crippen molar-refractivity contribution in [1.82, 2.24) is 5.32 Å². The zero-order valence-corrected chi connectivity index (χ0v) is 11.0. The minimum absolute atomic E-state index is 0.0644. The van der Waals surface area contributed by atoms with Crippen LogP contribution in [0.2, 0.25) is 0 Å². The molecule has 0 atom stereocenters. The van der Waals surface area contributed by atoms with Crippen LogP contribution in [-0.2, 0) is 4.79 Å². The average molecular weight is 238 g/mol. The van der Waals surface area contributed by atoms with Crippen LogP contribution in [0.5, 0.6) is 0 Å². The molecule has 3 nitrogen and oxygen atoms in total. The van der Waals surface area contributed by atoms with Crippen LogP contribution in [0.15, 0.2) is 0 Å². The third kappa shape index (κ3) is 3.44. The Kier molecular flexibility index (Phi) is 4.08. The predicted octanol–water partition coefficient (Wildman–Crippen LogP) is 2.34. The predicted molar refractivity (Wildman–Crippen MR) is 69.6 cm³/mol. The molecular weight excluding hydrogens is 212 g/mol. The monoisotopic (exact) mass is 238 g/mol. The van der Waals surface area contributed by atoms with Crippen molar-refractivity contribution in [2.45, 2.75) is 76.3 Å². The van der Waals surface area contributed by atoms with Crippen molar-refractivity contribution in [2.24, 2.45) is 11.7 Å². The van der Waals surface area contributed by atoms with Gasteiger partial charge in [-0.25, -0.2) is 0 Å². The molecule has 0 aromatic rings. The molecule has 0 aromatic heterocycles. The van der Waals surface area contributed by atoms with Gasteiger partial charge in [0.25, 0.3) is 0 Å². The summed E-state index contributed by atoms with van der Waals surface area (Å²) in [7, 11) is 0. The van der Waals surface area contributed by atoms with Crippen LogP contribution >= 0.6 is 0 Å². The maximum Gasteiger partial charge on any atom is 0.223 e. The molecule has 0 unspecified atom stereocenters. The zero-order chi connectivity index (χ0) is 12.3. The number of hydrogen-bond acceptors (Lipinski definition) is 2. The van der Waals surface area contributed by atoms with Gasteiger partial charge in [-0.15, -0.1) is 0 Å². The molecule has 0 bridgehead atoms. The van der Waals surface area contributed by atoms with Crippen molar-refractivity contribution < 1.29 is 4.79 Å². The van der Waals surface area contributed by atoms with Gasteiger partial charge in [0.2, 0.25) is 5.91 Å². The van der Waals surface area contributed by atoms with Gasteiger partial charge in [-0.3, -0.25) is 4.79 Å². The number of amides is 1. The first-order chi connectivity index (χ1) is 8.09. The zero-order valence-electron chi connectivity index (χ0n) is 11.0.